The van der Waals surface area contributed by atoms with Crippen molar-refractivity contribution in [1.29, 1.82) is 0 Å². The standard InChI is InChI=1S/C32H43N4O7PS/c1-21(2)17-36(45(40,41)25-15-13-24(42-6)14-16-25)19-30(37)29(20-44(7)8)34-31(38)26-11-9-10-12-27(26)32(39)35(5)18-28-22(3)43-23(4)33-28/h9-16,21,29-30,37H,7,17-20H2,1-6,8H3/p+1. The molecule has 0 saturated heterocycles. The molecule has 2 aromatic carbocycles. The normalized spacial score (nSPS) is 13.4. The molecule has 2 amide bonds. The lowest BCUT2D eigenvalue weighted by atomic mass is 10.0. The van der Waals surface area contributed by atoms with Crippen molar-refractivity contribution in [3.05, 3.63) is 77.0 Å². The number of aryl methyl sites for hydroxylation is 2. The van der Waals surface area contributed by atoms with E-state index in [-0.39, 0.29) is 47.5 Å². The number of rotatable bonds is 15. The summed E-state index contributed by atoms with van der Waals surface area (Å²) in [5.74, 6) is 0.649. The molecule has 0 spiro atoms. The van der Waals surface area contributed by atoms with Crippen LogP contribution in [0.5, 0.6) is 5.75 Å². The summed E-state index contributed by atoms with van der Waals surface area (Å²) < 4.78 is 39.2. The van der Waals surface area contributed by atoms with E-state index in [0.717, 1.165) is 0 Å². The Morgan fingerprint density at radius 1 is 1.09 bits per heavy atom. The van der Waals surface area contributed by atoms with E-state index in [4.69, 9.17) is 9.15 Å². The summed E-state index contributed by atoms with van der Waals surface area (Å²) >= 11 is 0. The van der Waals surface area contributed by atoms with E-state index in [1.54, 1.807) is 57.3 Å². The third kappa shape index (κ3) is 9.46. The molecule has 0 aliphatic rings. The molecule has 3 unspecified atom stereocenters. The Bertz CT molecular complexity index is 1610. The van der Waals surface area contributed by atoms with Gasteiger partial charge in [0.2, 0.25) is 10.0 Å². The van der Waals surface area contributed by atoms with E-state index >= 15 is 0 Å². The molecule has 1 heterocycles. The van der Waals surface area contributed by atoms with Crippen LogP contribution in [0.25, 0.3) is 0 Å². The number of aliphatic hydroxyl groups is 1. The fraction of sp³-hybridized carbons (Fsp3) is 0.438. The molecular formula is C32H44N4O7PS+. The van der Waals surface area contributed by atoms with Crippen molar-refractivity contribution in [2.75, 3.05) is 40.1 Å². The number of carbonyl (C=O) groups excluding carboxylic acids is 2. The highest BCUT2D eigenvalue weighted by Gasteiger charge is 2.33. The number of hydrogen-bond donors (Lipinski definition) is 2. The molecule has 3 aromatic rings. The molecule has 11 nitrogen and oxygen atoms in total. The lowest BCUT2D eigenvalue weighted by Gasteiger charge is -2.29. The Labute approximate surface area is 267 Å². The maximum Gasteiger partial charge on any atom is 0.254 e. The maximum absolute atomic E-state index is 13.7. The van der Waals surface area contributed by atoms with Gasteiger partial charge in [-0.15, -0.1) is 0 Å². The van der Waals surface area contributed by atoms with Crippen molar-refractivity contribution in [2.45, 2.75) is 51.3 Å². The number of amides is 2. The topological polar surface area (TPSA) is 142 Å². The summed E-state index contributed by atoms with van der Waals surface area (Å²) in [4.78, 5) is 33.0. The molecule has 3 atom stereocenters. The fourth-order valence-corrected chi connectivity index (χ4v) is 7.47. The first kappa shape index (κ1) is 35.9. The van der Waals surface area contributed by atoms with Gasteiger partial charge in [0.1, 0.15) is 23.4 Å². The minimum Gasteiger partial charge on any atom is -0.497 e. The number of oxazole rings is 1. The molecular weight excluding hydrogens is 615 g/mol. The highest BCUT2D eigenvalue weighted by molar-refractivity contribution is 7.89. The average Bonchev–Trinajstić information content (AvgIpc) is 3.30. The number of nitrogens with zero attached hydrogens (tertiary/aromatic N) is 3. The Balaban J connectivity index is 1.85. The predicted octanol–water partition coefficient (Wildman–Crippen LogP) is 3.92. The molecule has 45 heavy (non-hydrogen) atoms. The van der Waals surface area contributed by atoms with Gasteiger partial charge in [-0.05, 0) is 49.2 Å². The largest absolute Gasteiger partial charge is 0.497 e. The zero-order chi connectivity index (χ0) is 33.5. The number of aliphatic hydroxyl groups excluding tert-OH is 1. The monoisotopic (exact) mass is 659 g/mol. The van der Waals surface area contributed by atoms with Crippen LogP contribution in [-0.4, -0.2) is 98.0 Å². The van der Waals surface area contributed by atoms with Crippen LogP contribution in [0, 0.1) is 19.8 Å². The van der Waals surface area contributed by atoms with E-state index in [9.17, 15) is 23.1 Å². The Morgan fingerprint density at radius 3 is 2.24 bits per heavy atom. The van der Waals surface area contributed by atoms with Crippen molar-refractivity contribution in [1.82, 2.24) is 19.5 Å². The molecule has 0 fully saturated rings. The fourth-order valence-electron chi connectivity index (χ4n) is 4.84. The SMILES string of the molecule is C=[P+](C)CC(NC(=O)c1ccccc1C(=O)N(C)Cc1nc(C)oc1C)C(O)CN(CC(C)C)S(=O)(=O)c1ccc(OC)cc1. The second-order valence-corrected chi connectivity index (χ2v) is 15.5. The van der Waals surface area contributed by atoms with Gasteiger partial charge in [0.15, 0.2) is 5.89 Å². The number of sulfonamides is 1. The van der Waals surface area contributed by atoms with E-state index in [0.29, 0.717) is 29.3 Å². The predicted molar refractivity (Wildman–Crippen MR) is 177 cm³/mol. The lowest BCUT2D eigenvalue weighted by Crippen LogP contribution is -2.51. The van der Waals surface area contributed by atoms with Gasteiger partial charge in [-0.1, -0.05) is 26.0 Å². The van der Waals surface area contributed by atoms with Crippen LogP contribution in [0.15, 0.2) is 57.8 Å². The Morgan fingerprint density at radius 2 is 1.71 bits per heavy atom. The number of hydrogen-bond acceptors (Lipinski definition) is 8. The zero-order valence-electron chi connectivity index (χ0n) is 27.0. The Hall–Kier alpha value is -3.57. The van der Waals surface area contributed by atoms with Gasteiger partial charge in [0.25, 0.3) is 11.8 Å². The maximum atomic E-state index is 13.7. The van der Waals surface area contributed by atoms with Gasteiger partial charge in [0, 0.05) is 27.1 Å². The summed E-state index contributed by atoms with van der Waals surface area (Å²) in [6.45, 7) is 9.28. The zero-order valence-corrected chi connectivity index (χ0v) is 28.7. The summed E-state index contributed by atoms with van der Waals surface area (Å²) in [5, 5.41) is 14.3. The molecule has 3 rings (SSSR count). The van der Waals surface area contributed by atoms with Crippen LogP contribution in [0.3, 0.4) is 0 Å². The number of benzene rings is 2. The molecule has 0 aliphatic carbocycles. The van der Waals surface area contributed by atoms with Gasteiger partial charge in [-0.3, -0.25) is 9.59 Å². The summed E-state index contributed by atoms with van der Waals surface area (Å²) in [6.07, 6.45) is 3.16. The van der Waals surface area contributed by atoms with Crippen molar-refractivity contribution in [3.63, 3.8) is 0 Å². The quantitative estimate of drug-likeness (QED) is 0.234. The molecule has 2 N–H and O–H groups in total. The Kier molecular flexibility index (Phi) is 12.5. The van der Waals surface area contributed by atoms with Gasteiger partial charge in [-0.25, -0.2) is 13.4 Å². The summed E-state index contributed by atoms with van der Waals surface area (Å²) in [5.41, 5.74) is 0.935. The van der Waals surface area contributed by atoms with E-state index in [1.807, 2.05) is 20.5 Å². The van der Waals surface area contributed by atoms with E-state index < -0.39 is 35.6 Å². The highest BCUT2D eigenvalue weighted by Crippen LogP contribution is 2.23. The van der Waals surface area contributed by atoms with Crippen molar-refractivity contribution in [3.8, 4) is 5.75 Å². The molecule has 244 valence electrons. The second-order valence-electron chi connectivity index (χ2n) is 11.5. The minimum absolute atomic E-state index is 0.0331. The first-order valence-electron chi connectivity index (χ1n) is 14.6. The van der Waals surface area contributed by atoms with Crippen LogP contribution in [-0.2, 0) is 16.6 Å². The molecule has 0 saturated carbocycles. The minimum atomic E-state index is -3.98. The first-order valence-corrected chi connectivity index (χ1v) is 18.2. The third-order valence-electron chi connectivity index (χ3n) is 7.08. The van der Waals surface area contributed by atoms with Crippen LogP contribution in [0.2, 0.25) is 0 Å². The third-order valence-corrected chi connectivity index (χ3v) is 9.94. The van der Waals surface area contributed by atoms with Crippen molar-refractivity contribution < 1.29 is 32.3 Å². The highest BCUT2D eigenvalue weighted by atomic mass is 32.2. The first-order chi connectivity index (χ1) is 21.1. The van der Waals surface area contributed by atoms with Crippen LogP contribution >= 0.6 is 7.55 Å². The van der Waals surface area contributed by atoms with E-state index in [1.165, 1.54) is 28.4 Å². The van der Waals surface area contributed by atoms with Gasteiger partial charge in [0.05, 0.1) is 62.3 Å². The van der Waals surface area contributed by atoms with Gasteiger partial charge < -0.3 is 24.5 Å². The van der Waals surface area contributed by atoms with Gasteiger partial charge >= 0.3 is 0 Å². The lowest BCUT2D eigenvalue weighted by molar-refractivity contribution is 0.0762. The number of ether oxygens (including phenoxy) is 1. The van der Waals surface area contributed by atoms with E-state index in [2.05, 4.69) is 16.6 Å². The molecule has 13 heteroatoms. The number of methoxy groups -OCH3 is 1. The van der Waals surface area contributed by atoms with Crippen LogP contribution < -0.4 is 10.1 Å². The smallest absolute Gasteiger partial charge is 0.254 e. The van der Waals surface area contributed by atoms with Crippen LogP contribution in [0.1, 0.15) is 51.9 Å². The van der Waals surface area contributed by atoms with Crippen LogP contribution in [0.4, 0.5) is 0 Å². The van der Waals surface area contributed by atoms with Crippen molar-refractivity contribution in [2.24, 2.45) is 5.92 Å². The molecule has 1 aromatic heterocycles. The number of aromatic nitrogens is 1. The van der Waals surface area contributed by atoms with Crippen molar-refractivity contribution >= 4 is 35.7 Å². The molecule has 0 bridgehead atoms. The van der Waals surface area contributed by atoms with Gasteiger partial charge in [-0.2, -0.15) is 4.31 Å². The number of nitrogens with one attached hydrogen (secondary N) is 1. The average molecular weight is 660 g/mol. The summed E-state index contributed by atoms with van der Waals surface area (Å²) in [7, 11) is -1.71. The molecule has 0 radical (unpaired) electrons. The second kappa shape index (κ2) is 15.6. The summed E-state index contributed by atoms with van der Waals surface area (Å²) in [6, 6.07) is 11.7. The number of carbonyl (C=O) groups is 2. The molecule has 0 aliphatic heterocycles.